The number of hydrogen-bond acceptors (Lipinski definition) is 5. The number of rotatable bonds is 2. The summed E-state index contributed by atoms with van der Waals surface area (Å²) in [5.74, 6) is -0.527. The Morgan fingerprint density at radius 1 is 1.50 bits per heavy atom. The molecule has 1 aliphatic rings. The van der Waals surface area contributed by atoms with Crippen LogP contribution in [-0.2, 0) is 14.3 Å². The lowest BCUT2D eigenvalue weighted by Crippen LogP contribution is -2.43. The first-order valence-electron chi connectivity index (χ1n) is 5.72. The van der Waals surface area contributed by atoms with Crippen molar-refractivity contribution < 1.29 is 14.3 Å². The highest BCUT2D eigenvalue weighted by Crippen LogP contribution is 2.24. The van der Waals surface area contributed by atoms with Gasteiger partial charge in [-0.3, -0.25) is 4.79 Å². The summed E-state index contributed by atoms with van der Waals surface area (Å²) in [7, 11) is 5.02. The van der Waals surface area contributed by atoms with Gasteiger partial charge in [0.15, 0.2) is 0 Å². The zero-order chi connectivity index (χ0) is 13.7. The van der Waals surface area contributed by atoms with Gasteiger partial charge in [-0.25, -0.2) is 4.79 Å². The number of nitrogens with one attached hydrogen (secondary N) is 1. The monoisotopic (exact) mass is 290 g/mol. The molecule has 1 aliphatic heterocycles. The van der Waals surface area contributed by atoms with Gasteiger partial charge in [0.25, 0.3) is 0 Å². The van der Waals surface area contributed by atoms with Crippen LogP contribution in [-0.4, -0.2) is 53.6 Å². The molecule has 0 aromatic rings. The van der Waals surface area contributed by atoms with Crippen molar-refractivity contribution in [2.45, 2.75) is 30.6 Å². The zero-order valence-electron chi connectivity index (χ0n) is 10.8. The Balaban J connectivity index is 2.61. The number of esters is 1. The molecular weight excluding hydrogens is 272 g/mol. The van der Waals surface area contributed by atoms with Crippen molar-refractivity contribution in [1.29, 1.82) is 0 Å². The van der Waals surface area contributed by atoms with Gasteiger partial charge in [-0.1, -0.05) is 24.0 Å². The van der Waals surface area contributed by atoms with E-state index < -0.39 is 6.04 Å². The molecule has 1 rings (SSSR count). The maximum Gasteiger partial charge on any atom is 0.328 e. The van der Waals surface area contributed by atoms with Gasteiger partial charge < -0.3 is 15.0 Å². The van der Waals surface area contributed by atoms with E-state index in [2.05, 4.69) is 10.1 Å². The number of thioether (sulfide) groups is 1. The molecule has 1 heterocycles. The van der Waals surface area contributed by atoms with Crippen LogP contribution in [0.15, 0.2) is 0 Å². The Bertz CT molecular complexity index is 347. The fourth-order valence-electron chi connectivity index (χ4n) is 1.63. The third kappa shape index (κ3) is 4.13. The van der Waals surface area contributed by atoms with Gasteiger partial charge in [0.05, 0.1) is 12.4 Å². The molecule has 0 saturated carbocycles. The molecule has 1 amide bonds. The van der Waals surface area contributed by atoms with Gasteiger partial charge in [0, 0.05) is 14.1 Å². The Morgan fingerprint density at radius 2 is 2.17 bits per heavy atom. The molecule has 2 unspecified atom stereocenters. The highest BCUT2D eigenvalue weighted by molar-refractivity contribution is 8.23. The summed E-state index contributed by atoms with van der Waals surface area (Å²) < 4.78 is 5.33. The highest BCUT2D eigenvalue weighted by atomic mass is 32.2. The van der Waals surface area contributed by atoms with E-state index in [0.29, 0.717) is 10.7 Å². The first kappa shape index (κ1) is 15.2. The number of amides is 1. The summed E-state index contributed by atoms with van der Waals surface area (Å²) in [6.45, 7) is 0. The molecule has 1 N–H and O–H groups in total. The van der Waals surface area contributed by atoms with Gasteiger partial charge >= 0.3 is 5.97 Å². The third-order valence-electron chi connectivity index (χ3n) is 2.66. The van der Waals surface area contributed by atoms with Crippen LogP contribution >= 0.6 is 24.0 Å². The Morgan fingerprint density at radius 3 is 2.72 bits per heavy atom. The average Bonchev–Trinajstić information content (AvgIpc) is 2.51. The minimum absolute atomic E-state index is 0.142. The fourth-order valence-corrected chi connectivity index (χ4v) is 2.90. The molecule has 0 aliphatic carbocycles. The summed E-state index contributed by atoms with van der Waals surface area (Å²) in [5, 5.41) is 2.48. The maximum atomic E-state index is 12.0. The second-order valence-corrected chi connectivity index (χ2v) is 6.12. The molecular formula is C11H18N2O3S2. The second-order valence-electron chi connectivity index (χ2n) is 4.28. The number of carbonyl (C=O) groups excluding carboxylic acids is 2. The Kier molecular flexibility index (Phi) is 5.87. The highest BCUT2D eigenvalue weighted by Gasteiger charge is 2.30. The van der Waals surface area contributed by atoms with Crippen molar-refractivity contribution in [3.63, 3.8) is 0 Å². The first-order valence-corrected chi connectivity index (χ1v) is 7.00. The van der Waals surface area contributed by atoms with Crippen LogP contribution in [0, 0.1) is 0 Å². The minimum Gasteiger partial charge on any atom is -0.467 e. The van der Waals surface area contributed by atoms with Crippen molar-refractivity contribution in [2.24, 2.45) is 0 Å². The molecule has 5 nitrogen and oxygen atoms in total. The van der Waals surface area contributed by atoms with Crippen LogP contribution in [0.5, 0.6) is 0 Å². The summed E-state index contributed by atoms with van der Waals surface area (Å²) >= 11 is 6.54. The molecule has 1 saturated heterocycles. The van der Waals surface area contributed by atoms with Crippen LogP contribution in [0.3, 0.4) is 0 Å². The molecule has 0 aromatic carbocycles. The molecule has 7 heteroatoms. The fraction of sp³-hybridized carbons (Fsp3) is 0.727. The van der Waals surface area contributed by atoms with E-state index >= 15 is 0 Å². The summed E-state index contributed by atoms with van der Waals surface area (Å²) in [6.07, 6.45) is 2.13. The molecule has 0 radical (unpaired) electrons. The van der Waals surface area contributed by atoms with E-state index in [0.717, 1.165) is 12.8 Å². The second kappa shape index (κ2) is 6.94. The number of ether oxygens (including phenoxy) is 1. The van der Waals surface area contributed by atoms with Crippen LogP contribution in [0.1, 0.15) is 19.3 Å². The lowest BCUT2D eigenvalue weighted by molar-refractivity contribution is -0.144. The van der Waals surface area contributed by atoms with E-state index in [1.807, 2.05) is 14.1 Å². The number of nitrogens with zero attached hydrogens (tertiary/aromatic N) is 1. The molecule has 102 valence electrons. The van der Waals surface area contributed by atoms with Crippen molar-refractivity contribution in [3.05, 3.63) is 0 Å². The Labute approximate surface area is 117 Å². The van der Waals surface area contributed by atoms with E-state index in [9.17, 15) is 9.59 Å². The molecule has 0 aromatic heterocycles. The van der Waals surface area contributed by atoms with Gasteiger partial charge in [0.1, 0.15) is 10.4 Å². The van der Waals surface area contributed by atoms with Crippen molar-refractivity contribution in [1.82, 2.24) is 10.2 Å². The topological polar surface area (TPSA) is 58.6 Å². The minimum atomic E-state index is -0.527. The molecule has 1 fully saturated rings. The van der Waals surface area contributed by atoms with E-state index in [1.54, 1.807) is 4.90 Å². The largest absolute Gasteiger partial charge is 0.467 e. The third-order valence-corrected chi connectivity index (χ3v) is 4.62. The number of hydrogen-bond donors (Lipinski definition) is 1. The average molecular weight is 290 g/mol. The number of carbonyl (C=O) groups is 2. The van der Waals surface area contributed by atoms with Crippen molar-refractivity contribution in [2.75, 3.05) is 21.2 Å². The van der Waals surface area contributed by atoms with Gasteiger partial charge in [0.2, 0.25) is 5.91 Å². The number of thiocarbonyl (C=S) groups is 1. The summed E-state index contributed by atoms with van der Waals surface area (Å²) in [4.78, 5) is 25.2. The molecule has 2 atom stereocenters. The quantitative estimate of drug-likeness (QED) is 0.599. The van der Waals surface area contributed by atoms with Gasteiger partial charge in [-0.05, 0) is 19.3 Å². The summed E-state index contributed by atoms with van der Waals surface area (Å²) in [6, 6.07) is -0.527. The predicted octanol–water partition coefficient (Wildman–Crippen LogP) is 0.776. The van der Waals surface area contributed by atoms with Crippen LogP contribution in [0.25, 0.3) is 0 Å². The molecule has 0 bridgehead atoms. The normalized spacial score (nSPS) is 23.8. The summed E-state index contributed by atoms with van der Waals surface area (Å²) in [5.41, 5.74) is 0. The standard InChI is InChI=1S/C11H18N2O3S2/c1-13(2)11(17)18-8-6-4-5-7(10(15)16-3)12-9(8)14/h7-8H,4-6H2,1-3H3,(H,12,14). The van der Waals surface area contributed by atoms with Crippen LogP contribution in [0.2, 0.25) is 0 Å². The Hall–Kier alpha value is -0.820. The maximum absolute atomic E-state index is 12.0. The van der Waals surface area contributed by atoms with Gasteiger partial charge in [-0.15, -0.1) is 0 Å². The smallest absolute Gasteiger partial charge is 0.328 e. The zero-order valence-corrected chi connectivity index (χ0v) is 12.4. The van der Waals surface area contributed by atoms with E-state index in [4.69, 9.17) is 12.2 Å². The van der Waals surface area contributed by atoms with E-state index in [1.165, 1.54) is 18.9 Å². The van der Waals surface area contributed by atoms with E-state index in [-0.39, 0.29) is 17.1 Å². The molecule has 18 heavy (non-hydrogen) atoms. The lowest BCUT2D eigenvalue weighted by Gasteiger charge is -2.18. The first-order chi connectivity index (χ1) is 8.45. The van der Waals surface area contributed by atoms with Crippen molar-refractivity contribution in [3.8, 4) is 0 Å². The van der Waals surface area contributed by atoms with Crippen LogP contribution in [0.4, 0.5) is 0 Å². The van der Waals surface area contributed by atoms with Gasteiger partial charge in [-0.2, -0.15) is 0 Å². The SMILES string of the molecule is COC(=O)C1CCCC(SC(=S)N(C)C)C(=O)N1. The lowest BCUT2D eigenvalue weighted by atomic mass is 10.1. The number of methoxy groups -OCH3 is 1. The molecule has 0 spiro atoms. The predicted molar refractivity (Wildman–Crippen MR) is 75.5 cm³/mol. The van der Waals surface area contributed by atoms with Crippen LogP contribution < -0.4 is 5.32 Å². The van der Waals surface area contributed by atoms with Crippen molar-refractivity contribution >= 4 is 40.2 Å².